The quantitative estimate of drug-likeness (QED) is 0.645. The Hall–Kier alpha value is -0.160. The summed E-state index contributed by atoms with van der Waals surface area (Å²) in [4.78, 5) is 8.46. The van der Waals surface area contributed by atoms with Gasteiger partial charge < -0.3 is 9.64 Å². The molecule has 0 saturated carbocycles. The zero-order chi connectivity index (χ0) is 22.2. The first-order valence-electron chi connectivity index (χ1n) is 13.4. The van der Waals surface area contributed by atoms with Crippen LogP contribution in [0.1, 0.15) is 73.6 Å². The van der Waals surface area contributed by atoms with Crippen LogP contribution < -0.4 is 0 Å². The van der Waals surface area contributed by atoms with E-state index in [1.54, 1.807) is 0 Å². The van der Waals surface area contributed by atoms with Crippen molar-refractivity contribution in [1.82, 2.24) is 14.7 Å². The van der Waals surface area contributed by atoms with E-state index in [2.05, 4.69) is 56.2 Å². The van der Waals surface area contributed by atoms with E-state index in [1.807, 2.05) is 0 Å². The molecule has 4 heterocycles. The van der Waals surface area contributed by atoms with Gasteiger partial charge in [0, 0.05) is 32.2 Å². The Morgan fingerprint density at radius 3 is 1.94 bits per heavy atom. The van der Waals surface area contributed by atoms with Crippen LogP contribution in [-0.4, -0.2) is 85.8 Å². The van der Waals surface area contributed by atoms with Crippen molar-refractivity contribution in [2.75, 3.05) is 59.0 Å². The highest BCUT2D eigenvalue weighted by Crippen LogP contribution is 2.38. The molecule has 4 saturated heterocycles. The van der Waals surface area contributed by atoms with Crippen molar-refractivity contribution >= 4 is 0 Å². The van der Waals surface area contributed by atoms with Gasteiger partial charge in [-0.15, -0.1) is 0 Å². The lowest BCUT2D eigenvalue weighted by molar-refractivity contribution is -0.0946. The summed E-state index contributed by atoms with van der Waals surface area (Å²) in [5, 5.41) is 0. The van der Waals surface area contributed by atoms with Gasteiger partial charge in [0.25, 0.3) is 0 Å². The molecule has 0 radical (unpaired) electrons. The lowest BCUT2D eigenvalue weighted by Crippen LogP contribution is -2.57. The average molecular weight is 434 g/mol. The van der Waals surface area contributed by atoms with Crippen LogP contribution in [0.15, 0.2) is 0 Å². The van der Waals surface area contributed by atoms with Gasteiger partial charge in [0.15, 0.2) is 0 Å². The van der Waals surface area contributed by atoms with E-state index in [0.29, 0.717) is 16.9 Å². The third-order valence-electron chi connectivity index (χ3n) is 9.19. The van der Waals surface area contributed by atoms with Crippen LogP contribution in [0.3, 0.4) is 0 Å². The van der Waals surface area contributed by atoms with Gasteiger partial charge in [-0.25, -0.2) is 0 Å². The van der Waals surface area contributed by atoms with Gasteiger partial charge in [-0.1, -0.05) is 41.5 Å². The molecule has 4 aliphatic rings. The highest BCUT2D eigenvalue weighted by atomic mass is 16.5. The summed E-state index contributed by atoms with van der Waals surface area (Å²) < 4.78 is 5.54. The first kappa shape index (κ1) is 24.0. The van der Waals surface area contributed by atoms with Crippen molar-refractivity contribution in [3.63, 3.8) is 0 Å². The summed E-state index contributed by atoms with van der Waals surface area (Å²) in [5.74, 6) is 2.51. The fraction of sp³-hybridized carbons (Fsp3) is 1.00. The Labute approximate surface area is 193 Å². The van der Waals surface area contributed by atoms with Gasteiger partial charge in [-0.3, -0.25) is 9.80 Å². The van der Waals surface area contributed by atoms with Crippen LogP contribution in [0.4, 0.5) is 0 Å². The third-order valence-corrected chi connectivity index (χ3v) is 9.19. The fourth-order valence-electron chi connectivity index (χ4n) is 6.61. The Morgan fingerprint density at radius 1 is 0.710 bits per heavy atom. The SMILES string of the molecule is CC(C)(C)C1CCCN(C2CCN(CC3CC(C(C)(C)C)CN(C4COC4)C3)CC2)C1. The van der Waals surface area contributed by atoms with Crippen molar-refractivity contribution in [3.8, 4) is 0 Å². The minimum Gasteiger partial charge on any atom is -0.378 e. The first-order chi connectivity index (χ1) is 14.6. The average Bonchev–Trinajstić information content (AvgIpc) is 2.66. The van der Waals surface area contributed by atoms with Crippen molar-refractivity contribution in [2.24, 2.45) is 28.6 Å². The van der Waals surface area contributed by atoms with Crippen molar-refractivity contribution < 1.29 is 4.74 Å². The summed E-state index contributed by atoms with van der Waals surface area (Å²) in [6, 6.07) is 1.52. The molecule has 0 aromatic carbocycles. The molecular weight excluding hydrogens is 382 g/mol. The molecule has 31 heavy (non-hydrogen) atoms. The zero-order valence-corrected chi connectivity index (χ0v) is 21.5. The molecular formula is C27H51N3O. The molecule has 4 aliphatic heterocycles. The fourth-order valence-corrected chi connectivity index (χ4v) is 6.61. The van der Waals surface area contributed by atoms with E-state index < -0.39 is 0 Å². The lowest BCUT2D eigenvalue weighted by Gasteiger charge is -2.49. The van der Waals surface area contributed by atoms with Crippen molar-refractivity contribution in [3.05, 3.63) is 0 Å². The topological polar surface area (TPSA) is 19.0 Å². The number of hydrogen-bond donors (Lipinski definition) is 0. The summed E-state index contributed by atoms with van der Waals surface area (Å²) in [6.07, 6.45) is 7.00. The molecule has 4 rings (SSSR count). The van der Waals surface area contributed by atoms with Gasteiger partial charge in [-0.2, -0.15) is 0 Å². The molecule has 3 atom stereocenters. The molecule has 3 unspecified atom stereocenters. The zero-order valence-electron chi connectivity index (χ0n) is 21.5. The molecule has 0 N–H and O–H groups in total. The van der Waals surface area contributed by atoms with E-state index in [9.17, 15) is 0 Å². The van der Waals surface area contributed by atoms with E-state index in [-0.39, 0.29) is 0 Å². The van der Waals surface area contributed by atoms with Crippen LogP contribution in [0, 0.1) is 28.6 Å². The molecule has 0 spiro atoms. The first-order valence-corrected chi connectivity index (χ1v) is 13.4. The predicted octanol–water partition coefficient (Wildman–Crippen LogP) is 4.59. The predicted molar refractivity (Wildman–Crippen MR) is 130 cm³/mol. The lowest BCUT2D eigenvalue weighted by atomic mass is 9.72. The Balaban J connectivity index is 1.28. The van der Waals surface area contributed by atoms with E-state index in [4.69, 9.17) is 4.74 Å². The van der Waals surface area contributed by atoms with Crippen LogP contribution in [0.2, 0.25) is 0 Å². The highest BCUT2D eigenvalue weighted by molar-refractivity contribution is 4.92. The Kier molecular flexibility index (Phi) is 7.43. The van der Waals surface area contributed by atoms with Gasteiger partial charge in [-0.05, 0) is 80.3 Å². The van der Waals surface area contributed by atoms with Crippen LogP contribution in [0.5, 0.6) is 0 Å². The summed E-state index contributed by atoms with van der Waals surface area (Å²) >= 11 is 0. The molecule has 0 aromatic heterocycles. The maximum absolute atomic E-state index is 5.54. The number of ether oxygens (including phenoxy) is 1. The number of hydrogen-bond acceptors (Lipinski definition) is 4. The van der Waals surface area contributed by atoms with E-state index >= 15 is 0 Å². The summed E-state index contributed by atoms with van der Waals surface area (Å²) in [5.41, 5.74) is 0.869. The van der Waals surface area contributed by atoms with Gasteiger partial charge in [0.05, 0.1) is 19.3 Å². The third kappa shape index (κ3) is 6.05. The van der Waals surface area contributed by atoms with Gasteiger partial charge in [0.1, 0.15) is 0 Å². The minimum absolute atomic E-state index is 0.409. The molecule has 0 amide bonds. The second kappa shape index (κ2) is 9.60. The normalized spacial score (nSPS) is 34.1. The largest absolute Gasteiger partial charge is 0.378 e. The smallest absolute Gasteiger partial charge is 0.0645 e. The molecule has 4 fully saturated rings. The highest BCUT2D eigenvalue weighted by Gasteiger charge is 2.39. The number of piperidine rings is 3. The monoisotopic (exact) mass is 433 g/mol. The van der Waals surface area contributed by atoms with E-state index in [1.165, 1.54) is 77.9 Å². The van der Waals surface area contributed by atoms with Crippen LogP contribution in [0.25, 0.3) is 0 Å². The Bertz CT molecular complexity index is 568. The van der Waals surface area contributed by atoms with Crippen molar-refractivity contribution in [1.29, 1.82) is 0 Å². The van der Waals surface area contributed by atoms with E-state index in [0.717, 1.165) is 37.0 Å². The number of likely N-dealkylation sites (tertiary alicyclic amines) is 3. The molecule has 4 heteroatoms. The number of nitrogens with zero attached hydrogens (tertiary/aromatic N) is 3. The standard InChI is InChI=1S/C27H51N3O/c1-26(2,3)22-8-7-11-29(17-22)24-9-12-28(13-10-24)15-21-14-23(27(4,5)6)18-30(16-21)25-19-31-20-25/h21-25H,7-20H2,1-6H3. The molecule has 0 aliphatic carbocycles. The maximum Gasteiger partial charge on any atom is 0.0645 e. The molecule has 180 valence electrons. The van der Waals surface area contributed by atoms with Crippen molar-refractivity contribution in [2.45, 2.75) is 85.7 Å². The Morgan fingerprint density at radius 2 is 1.35 bits per heavy atom. The van der Waals surface area contributed by atoms with Gasteiger partial charge in [0.2, 0.25) is 0 Å². The van der Waals surface area contributed by atoms with Crippen LogP contribution >= 0.6 is 0 Å². The second-order valence-electron chi connectivity index (χ2n) is 13.5. The maximum atomic E-state index is 5.54. The molecule has 0 aromatic rings. The molecule has 4 nitrogen and oxygen atoms in total. The second-order valence-corrected chi connectivity index (χ2v) is 13.5. The minimum atomic E-state index is 0.409. The summed E-state index contributed by atoms with van der Waals surface area (Å²) in [7, 11) is 0. The van der Waals surface area contributed by atoms with Gasteiger partial charge >= 0.3 is 0 Å². The molecule has 0 bridgehead atoms. The van der Waals surface area contributed by atoms with Crippen LogP contribution in [-0.2, 0) is 4.74 Å². The number of rotatable bonds is 4. The summed E-state index contributed by atoms with van der Waals surface area (Å²) in [6.45, 7) is 25.8.